The largest absolute Gasteiger partial charge is 0.374 e. The summed E-state index contributed by atoms with van der Waals surface area (Å²) >= 11 is 12.3. The molecule has 1 amide bonds. The number of amides is 1. The van der Waals surface area contributed by atoms with E-state index in [0.717, 1.165) is 22.3 Å². The standard InChI is InChI=1S/C16H12BClI2N2OS/c18-11-16(23)22(12-5-2-1-3-6-12)15-8-4-7-14-13(15)9-10-21(14)24-17(19)20/h1-10H,11H2. The first-order valence-electron chi connectivity index (χ1n) is 7.11. The Kier molecular flexibility index (Phi) is 6.39. The third-order valence-corrected chi connectivity index (χ3v) is 5.78. The van der Waals surface area contributed by atoms with Crippen LogP contribution in [-0.2, 0) is 4.79 Å². The maximum atomic E-state index is 12.5. The molecule has 1 heterocycles. The Morgan fingerprint density at radius 2 is 1.88 bits per heavy atom. The van der Waals surface area contributed by atoms with Gasteiger partial charge in [-0.2, -0.15) is 0 Å². The van der Waals surface area contributed by atoms with E-state index in [4.69, 9.17) is 11.6 Å². The Labute approximate surface area is 177 Å². The van der Waals surface area contributed by atoms with Crippen molar-refractivity contribution >= 4 is 98.0 Å². The number of hydrogen-bond acceptors (Lipinski definition) is 2. The SMILES string of the molecule is O=C(CCl)N(c1ccccc1)c1cccc2c1ccn2SB(I)I. The van der Waals surface area contributed by atoms with Gasteiger partial charge in [-0.3, -0.25) is 13.7 Å². The second kappa shape index (κ2) is 8.33. The quantitative estimate of drug-likeness (QED) is 0.214. The maximum absolute atomic E-state index is 12.5. The van der Waals surface area contributed by atoms with Crippen LogP contribution in [0.5, 0.6) is 0 Å². The highest BCUT2D eigenvalue weighted by molar-refractivity contribution is 14.3. The smallest absolute Gasteiger partial charge is 0.299 e. The van der Waals surface area contributed by atoms with Crippen molar-refractivity contribution in [2.75, 3.05) is 10.8 Å². The van der Waals surface area contributed by atoms with E-state index in [1.807, 2.05) is 54.7 Å². The van der Waals surface area contributed by atoms with Gasteiger partial charge in [-0.15, -0.1) is 56.3 Å². The molecule has 8 heteroatoms. The summed E-state index contributed by atoms with van der Waals surface area (Å²) in [5.41, 5.74) is 2.75. The molecule has 3 rings (SSSR count). The van der Waals surface area contributed by atoms with Gasteiger partial charge in [0.15, 0.2) is 0 Å². The Bertz CT molecular complexity index is 860. The van der Waals surface area contributed by atoms with Gasteiger partial charge in [0.05, 0.1) is 11.2 Å². The van der Waals surface area contributed by atoms with Crippen molar-refractivity contribution in [2.45, 2.75) is 0 Å². The fourth-order valence-electron chi connectivity index (χ4n) is 2.55. The molecule has 0 N–H and O–H groups in total. The summed E-state index contributed by atoms with van der Waals surface area (Å²) in [6.45, 7) is 0. The predicted molar refractivity (Wildman–Crippen MR) is 123 cm³/mol. The molecule has 2 aromatic carbocycles. The second-order valence-corrected chi connectivity index (χ2v) is 12.8. The summed E-state index contributed by atoms with van der Waals surface area (Å²) in [7, 11) is 0. The molecule has 0 spiro atoms. The van der Waals surface area contributed by atoms with E-state index in [1.165, 1.54) is 0 Å². The first kappa shape index (κ1) is 18.4. The summed E-state index contributed by atoms with van der Waals surface area (Å²) in [6.07, 6.45) is 2.04. The van der Waals surface area contributed by atoms with Crippen molar-refractivity contribution in [1.82, 2.24) is 3.97 Å². The topological polar surface area (TPSA) is 25.2 Å². The summed E-state index contributed by atoms with van der Waals surface area (Å²) in [4.78, 5) is 14.2. The van der Waals surface area contributed by atoms with E-state index in [0.29, 0.717) is 1.70 Å². The predicted octanol–water partition coefficient (Wildman–Crippen LogP) is 5.90. The van der Waals surface area contributed by atoms with Crippen LogP contribution in [0.4, 0.5) is 11.4 Å². The fourth-order valence-corrected chi connectivity index (χ4v) is 4.72. The number of halogens is 3. The molecule has 3 aromatic rings. The van der Waals surface area contributed by atoms with Gasteiger partial charge in [0.1, 0.15) is 5.88 Å². The van der Waals surface area contributed by atoms with Crippen LogP contribution >= 0.6 is 68.1 Å². The Hall–Kier alpha value is -0.385. The van der Waals surface area contributed by atoms with Gasteiger partial charge >= 0.3 is 1.70 Å². The second-order valence-electron chi connectivity index (χ2n) is 4.92. The van der Waals surface area contributed by atoms with Crippen LogP contribution in [0.25, 0.3) is 10.9 Å². The number of fused-ring (bicyclic) bond motifs is 1. The highest BCUT2D eigenvalue weighted by atomic mass is 127. The molecular formula is C16H12BClI2N2OS. The average molecular weight is 580 g/mol. The number of nitrogens with zero attached hydrogens (tertiary/aromatic N) is 2. The number of anilines is 2. The molecule has 0 aliphatic heterocycles. The lowest BCUT2D eigenvalue weighted by Crippen LogP contribution is -2.27. The van der Waals surface area contributed by atoms with Crippen molar-refractivity contribution in [1.29, 1.82) is 0 Å². The molecule has 122 valence electrons. The lowest BCUT2D eigenvalue weighted by atomic mass is 10.1. The lowest BCUT2D eigenvalue weighted by molar-refractivity contribution is -0.115. The molecule has 0 unspecified atom stereocenters. The van der Waals surface area contributed by atoms with Crippen molar-refractivity contribution in [2.24, 2.45) is 0 Å². The van der Waals surface area contributed by atoms with Gasteiger partial charge in [0.2, 0.25) is 5.91 Å². The number of carbonyl (C=O) groups is 1. The maximum Gasteiger partial charge on any atom is 0.374 e. The molecule has 0 saturated carbocycles. The fraction of sp³-hybridized carbons (Fsp3) is 0.0625. The average Bonchev–Trinajstić information content (AvgIpc) is 2.99. The van der Waals surface area contributed by atoms with Crippen molar-refractivity contribution in [3.63, 3.8) is 0 Å². The van der Waals surface area contributed by atoms with E-state index in [2.05, 4.69) is 54.8 Å². The first-order chi connectivity index (χ1) is 11.6. The third-order valence-electron chi connectivity index (χ3n) is 3.49. The number of alkyl halides is 1. The molecule has 0 radical (unpaired) electrons. The van der Waals surface area contributed by atoms with Crippen LogP contribution < -0.4 is 4.90 Å². The van der Waals surface area contributed by atoms with Crippen LogP contribution in [0.2, 0.25) is 0 Å². The minimum Gasteiger partial charge on any atom is -0.299 e. The van der Waals surface area contributed by atoms with Crippen LogP contribution in [0.15, 0.2) is 60.8 Å². The Morgan fingerprint density at radius 1 is 1.12 bits per heavy atom. The number of carbonyl (C=O) groups excluding carboxylic acids is 1. The normalized spacial score (nSPS) is 10.8. The Balaban J connectivity index is 2.15. The third kappa shape index (κ3) is 3.89. The van der Waals surface area contributed by atoms with Crippen LogP contribution in [-0.4, -0.2) is 17.5 Å². The summed E-state index contributed by atoms with van der Waals surface area (Å²) in [5.74, 6) is -0.207. The number of rotatable bonds is 5. The number of para-hydroxylation sites is 1. The van der Waals surface area contributed by atoms with E-state index in [9.17, 15) is 4.79 Å². The van der Waals surface area contributed by atoms with E-state index in [-0.39, 0.29) is 11.8 Å². The molecule has 0 saturated heterocycles. The van der Waals surface area contributed by atoms with Gasteiger partial charge in [-0.05, 0) is 30.3 Å². The molecule has 0 bridgehead atoms. The molecule has 3 nitrogen and oxygen atoms in total. The molecule has 0 aliphatic rings. The highest BCUT2D eigenvalue weighted by Crippen LogP contribution is 2.35. The van der Waals surface area contributed by atoms with Crippen LogP contribution in [0.3, 0.4) is 0 Å². The number of benzene rings is 2. The van der Waals surface area contributed by atoms with Crippen molar-refractivity contribution in [3.8, 4) is 0 Å². The van der Waals surface area contributed by atoms with Crippen molar-refractivity contribution < 1.29 is 4.79 Å². The number of aromatic nitrogens is 1. The first-order valence-corrected chi connectivity index (χ1v) is 11.0. The zero-order valence-electron chi connectivity index (χ0n) is 12.4. The minimum atomic E-state index is -0.142. The lowest BCUT2D eigenvalue weighted by Gasteiger charge is -2.23. The monoisotopic (exact) mass is 580 g/mol. The zero-order valence-corrected chi connectivity index (χ0v) is 18.3. The number of hydrogen-bond donors (Lipinski definition) is 0. The van der Waals surface area contributed by atoms with E-state index < -0.39 is 0 Å². The zero-order chi connectivity index (χ0) is 17.1. The van der Waals surface area contributed by atoms with Gasteiger partial charge in [-0.1, -0.05) is 36.1 Å². The summed E-state index contributed by atoms with van der Waals surface area (Å²) in [6, 6.07) is 17.6. The van der Waals surface area contributed by atoms with Gasteiger partial charge in [-0.25, -0.2) is 0 Å². The molecular weight excluding hydrogens is 568 g/mol. The summed E-state index contributed by atoms with van der Waals surface area (Å²) in [5, 5.41) is 1.03. The Morgan fingerprint density at radius 3 is 2.54 bits per heavy atom. The molecule has 1 aromatic heterocycles. The van der Waals surface area contributed by atoms with Crippen molar-refractivity contribution in [3.05, 3.63) is 60.8 Å². The molecule has 24 heavy (non-hydrogen) atoms. The minimum absolute atomic E-state index is 0.0652. The van der Waals surface area contributed by atoms with Crippen LogP contribution in [0.1, 0.15) is 0 Å². The van der Waals surface area contributed by atoms with E-state index >= 15 is 0 Å². The van der Waals surface area contributed by atoms with Gasteiger partial charge in [0, 0.05) is 17.3 Å². The van der Waals surface area contributed by atoms with Crippen LogP contribution in [0, 0.1) is 0 Å². The molecule has 0 fully saturated rings. The summed E-state index contributed by atoms with van der Waals surface area (Å²) < 4.78 is 2.55. The molecule has 0 aliphatic carbocycles. The molecule has 0 atom stereocenters. The van der Waals surface area contributed by atoms with E-state index in [1.54, 1.807) is 16.7 Å². The van der Waals surface area contributed by atoms with Gasteiger partial charge < -0.3 is 0 Å². The highest BCUT2D eigenvalue weighted by Gasteiger charge is 2.20. The van der Waals surface area contributed by atoms with Gasteiger partial charge in [0.25, 0.3) is 0 Å².